The van der Waals surface area contributed by atoms with Crippen molar-refractivity contribution in [1.82, 2.24) is 15.2 Å². The normalized spacial score (nSPS) is 16.8. The van der Waals surface area contributed by atoms with E-state index in [-0.39, 0.29) is 0 Å². The molecule has 0 unspecified atom stereocenters. The largest absolute Gasteiger partial charge is 0.309 e. The third-order valence-electron chi connectivity index (χ3n) is 4.28. The summed E-state index contributed by atoms with van der Waals surface area (Å²) >= 11 is 0. The van der Waals surface area contributed by atoms with Gasteiger partial charge in [-0.2, -0.15) is 0 Å². The van der Waals surface area contributed by atoms with E-state index in [1.807, 2.05) is 0 Å². The molecule has 0 atom stereocenters. The molecule has 118 valence electrons. The molecule has 1 N–H and O–H groups in total. The lowest BCUT2D eigenvalue weighted by molar-refractivity contribution is 0.226. The molecule has 1 heterocycles. The second kappa shape index (κ2) is 8.50. The van der Waals surface area contributed by atoms with E-state index in [0.717, 1.165) is 24.7 Å². The number of aromatic nitrogens is 1. The lowest BCUT2D eigenvalue weighted by Crippen LogP contribution is -2.27. The van der Waals surface area contributed by atoms with E-state index in [9.17, 15) is 0 Å². The minimum Gasteiger partial charge on any atom is -0.309 e. The molecular formula is C18H31N3. The van der Waals surface area contributed by atoms with Crippen LogP contribution >= 0.6 is 0 Å². The van der Waals surface area contributed by atoms with Crippen LogP contribution in [0.3, 0.4) is 0 Å². The van der Waals surface area contributed by atoms with Gasteiger partial charge in [0.25, 0.3) is 0 Å². The first kappa shape index (κ1) is 16.4. The van der Waals surface area contributed by atoms with E-state index in [0.29, 0.717) is 6.04 Å². The van der Waals surface area contributed by atoms with E-state index < -0.39 is 0 Å². The topological polar surface area (TPSA) is 28.2 Å². The van der Waals surface area contributed by atoms with Crippen molar-refractivity contribution in [2.45, 2.75) is 65.1 Å². The van der Waals surface area contributed by atoms with Gasteiger partial charge in [0.15, 0.2) is 0 Å². The molecule has 1 aromatic rings. The third-order valence-corrected chi connectivity index (χ3v) is 4.28. The molecule has 1 saturated carbocycles. The number of nitrogens with one attached hydrogen (secondary N) is 1. The Morgan fingerprint density at radius 2 is 1.90 bits per heavy atom. The molecule has 1 aromatic heterocycles. The average molecular weight is 289 g/mol. The van der Waals surface area contributed by atoms with Crippen LogP contribution in [0.5, 0.6) is 0 Å². The Balaban J connectivity index is 1.82. The van der Waals surface area contributed by atoms with Crippen LogP contribution in [0.4, 0.5) is 0 Å². The zero-order valence-corrected chi connectivity index (χ0v) is 13.9. The fraction of sp³-hybridized carbons (Fsp3) is 0.722. The summed E-state index contributed by atoms with van der Waals surface area (Å²) in [5.74, 6) is 0.898. The van der Waals surface area contributed by atoms with E-state index in [4.69, 9.17) is 4.98 Å². The first-order valence-electron chi connectivity index (χ1n) is 8.50. The fourth-order valence-electron chi connectivity index (χ4n) is 3.18. The van der Waals surface area contributed by atoms with Gasteiger partial charge < -0.3 is 10.2 Å². The molecule has 0 aliphatic heterocycles. The quantitative estimate of drug-likeness (QED) is 0.831. The minimum absolute atomic E-state index is 0.504. The Labute approximate surface area is 130 Å². The average Bonchev–Trinajstić information content (AvgIpc) is 2.46. The van der Waals surface area contributed by atoms with E-state index in [2.05, 4.69) is 49.3 Å². The molecule has 1 aliphatic carbocycles. The van der Waals surface area contributed by atoms with E-state index in [1.54, 1.807) is 0 Å². The summed E-state index contributed by atoms with van der Waals surface area (Å²) in [5, 5.41) is 3.43. The molecule has 3 nitrogen and oxygen atoms in total. The lowest BCUT2D eigenvalue weighted by Gasteiger charge is -2.26. The highest BCUT2D eigenvalue weighted by molar-refractivity contribution is 5.11. The maximum Gasteiger partial charge on any atom is 0.0547 e. The van der Waals surface area contributed by atoms with Crippen molar-refractivity contribution in [3.63, 3.8) is 0 Å². The molecule has 2 rings (SSSR count). The van der Waals surface area contributed by atoms with Crippen molar-refractivity contribution in [1.29, 1.82) is 0 Å². The van der Waals surface area contributed by atoms with Crippen LogP contribution in [0.1, 0.15) is 57.3 Å². The van der Waals surface area contributed by atoms with Gasteiger partial charge in [-0.25, -0.2) is 0 Å². The zero-order chi connectivity index (χ0) is 15.1. The molecule has 3 heteroatoms. The Morgan fingerprint density at radius 1 is 1.19 bits per heavy atom. The van der Waals surface area contributed by atoms with Gasteiger partial charge in [0.1, 0.15) is 0 Å². The number of pyridine rings is 1. The summed E-state index contributed by atoms with van der Waals surface area (Å²) in [7, 11) is 2.23. The zero-order valence-electron chi connectivity index (χ0n) is 13.9. The van der Waals surface area contributed by atoms with Crippen LogP contribution in [-0.2, 0) is 13.1 Å². The Hall–Kier alpha value is -0.930. The monoisotopic (exact) mass is 289 g/mol. The second-order valence-corrected chi connectivity index (χ2v) is 6.86. The lowest BCUT2D eigenvalue weighted by atomic mass is 9.89. The fourth-order valence-corrected chi connectivity index (χ4v) is 3.18. The predicted molar refractivity (Wildman–Crippen MR) is 89.1 cm³/mol. The number of rotatable bonds is 7. The summed E-state index contributed by atoms with van der Waals surface area (Å²) in [5.41, 5.74) is 2.34. The molecule has 0 amide bonds. The molecule has 1 fully saturated rings. The van der Waals surface area contributed by atoms with Crippen LogP contribution in [0.2, 0.25) is 0 Å². The van der Waals surface area contributed by atoms with Crippen molar-refractivity contribution in [3.8, 4) is 0 Å². The number of nitrogens with zero attached hydrogens (tertiary/aromatic N) is 2. The summed E-state index contributed by atoms with van der Waals surface area (Å²) in [6.07, 6.45) is 7.11. The summed E-state index contributed by atoms with van der Waals surface area (Å²) in [6.45, 7) is 7.38. The van der Waals surface area contributed by atoms with Gasteiger partial charge in [-0.3, -0.25) is 4.98 Å². The molecule has 0 aromatic carbocycles. The van der Waals surface area contributed by atoms with Crippen molar-refractivity contribution >= 4 is 0 Å². The summed E-state index contributed by atoms with van der Waals surface area (Å²) in [6, 6.07) is 6.90. The van der Waals surface area contributed by atoms with Crippen LogP contribution in [-0.4, -0.2) is 29.5 Å². The number of hydrogen-bond acceptors (Lipinski definition) is 3. The molecule has 21 heavy (non-hydrogen) atoms. The highest BCUT2D eigenvalue weighted by Gasteiger charge is 2.15. The Morgan fingerprint density at radius 3 is 2.62 bits per heavy atom. The molecule has 0 radical (unpaired) electrons. The van der Waals surface area contributed by atoms with Gasteiger partial charge in [0.2, 0.25) is 0 Å². The SMILES string of the molecule is CC(C)NCc1cccc(CN(C)CC2CCCCC2)n1. The summed E-state index contributed by atoms with van der Waals surface area (Å²) < 4.78 is 0. The second-order valence-electron chi connectivity index (χ2n) is 6.86. The van der Waals surface area contributed by atoms with Crippen LogP contribution < -0.4 is 5.32 Å². The van der Waals surface area contributed by atoms with Gasteiger partial charge in [-0.1, -0.05) is 39.2 Å². The standard InChI is InChI=1S/C18H31N3/c1-15(2)19-12-17-10-7-11-18(20-17)14-21(3)13-16-8-5-4-6-9-16/h7,10-11,15-16,19H,4-6,8-9,12-14H2,1-3H3. The minimum atomic E-state index is 0.504. The molecule has 0 saturated heterocycles. The Bertz CT molecular complexity index is 411. The van der Waals surface area contributed by atoms with Gasteiger partial charge in [0, 0.05) is 25.7 Å². The van der Waals surface area contributed by atoms with Gasteiger partial charge in [-0.05, 0) is 37.9 Å². The summed E-state index contributed by atoms with van der Waals surface area (Å²) in [4.78, 5) is 7.22. The van der Waals surface area contributed by atoms with Crippen molar-refractivity contribution in [2.24, 2.45) is 5.92 Å². The molecule has 0 bridgehead atoms. The van der Waals surface area contributed by atoms with Crippen LogP contribution in [0, 0.1) is 5.92 Å². The van der Waals surface area contributed by atoms with Gasteiger partial charge >= 0.3 is 0 Å². The molecule has 0 spiro atoms. The van der Waals surface area contributed by atoms with E-state index in [1.165, 1.54) is 44.3 Å². The van der Waals surface area contributed by atoms with Crippen molar-refractivity contribution < 1.29 is 0 Å². The predicted octanol–water partition coefficient (Wildman–Crippen LogP) is 3.59. The van der Waals surface area contributed by atoms with Crippen LogP contribution in [0.15, 0.2) is 18.2 Å². The van der Waals surface area contributed by atoms with Crippen molar-refractivity contribution in [2.75, 3.05) is 13.6 Å². The third kappa shape index (κ3) is 6.15. The maximum absolute atomic E-state index is 4.77. The van der Waals surface area contributed by atoms with Gasteiger partial charge in [-0.15, -0.1) is 0 Å². The first-order valence-corrected chi connectivity index (χ1v) is 8.50. The first-order chi connectivity index (χ1) is 10.1. The molecular weight excluding hydrogens is 258 g/mol. The van der Waals surface area contributed by atoms with E-state index >= 15 is 0 Å². The van der Waals surface area contributed by atoms with Crippen LogP contribution in [0.25, 0.3) is 0 Å². The smallest absolute Gasteiger partial charge is 0.0547 e. The molecule has 1 aliphatic rings. The maximum atomic E-state index is 4.77. The Kier molecular flexibility index (Phi) is 6.65. The van der Waals surface area contributed by atoms with Gasteiger partial charge in [0.05, 0.1) is 11.4 Å². The van der Waals surface area contributed by atoms with Crippen molar-refractivity contribution in [3.05, 3.63) is 29.6 Å². The highest BCUT2D eigenvalue weighted by Crippen LogP contribution is 2.24. The number of hydrogen-bond donors (Lipinski definition) is 1. The highest BCUT2D eigenvalue weighted by atomic mass is 15.1.